The Balaban J connectivity index is 2.27. The number of alkyl halides is 2. The summed E-state index contributed by atoms with van der Waals surface area (Å²) in [6.07, 6.45) is 5.02. The van der Waals surface area contributed by atoms with Crippen LogP contribution in [0.2, 0.25) is 0 Å². The number of nitrogens with zero attached hydrogens (tertiary/aromatic N) is 1. The van der Waals surface area contributed by atoms with Gasteiger partial charge in [-0.3, -0.25) is 4.79 Å². The molecule has 0 amide bonds. The summed E-state index contributed by atoms with van der Waals surface area (Å²) < 4.78 is 6.21. The molecule has 1 aromatic rings. The molecule has 0 heterocycles. The maximum absolute atomic E-state index is 11.0. The molecule has 0 unspecified atom stereocenters. The van der Waals surface area contributed by atoms with Crippen molar-refractivity contribution in [3.05, 3.63) is 23.8 Å². The van der Waals surface area contributed by atoms with Crippen LogP contribution >= 0.6 is 23.2 Å². The molecule has 5 nitrogen and oxygen atoms in total. The zero-order chi connectivity index (χ0) is 18.2. The van der Waals surface area contributed by atoms with Gasteiger partial charge in [0.05, 0.1) is 11.8 Å². The van der Waals surface area contributed by atoms with E-state index in [0.717, 1.165) is 29.8 Å². The van der Waals surface area contributed by atoms with Crippen molar-refractivity contribution in [2.24, 2.45) is 5.73 Å². The number of nitrogens with two attached hydrogens (primary N) is 1. The number of hydrogen-bond donors (Lipinski definition) is 2. The first-order valence-corrected chi connectivity index (χ1v) is 9.77. The highest BCUT2D eigenvalue weighted by molar-refractivity contribution is 6.18. The van der Waals surface area contributed by atoms with Gasteiger partial charge in [-0.2, -0.15) is 0 Å². The number of anilines is 1. The first-order valence-electron chi connectivity index (χ1n) is 8.70. The van der Waals surface area contributed by atoms with Crippen molar-refractivity contribution in [3.8, 4) is 5.75 Å². The summed E-state index contributed by atoms with van der Waals surface area (Å²) in [6.45, 7) is 1.29. The molecular formula is C18H26Cl2N2O3. The number of carboxylic acids is 1. The van der Waals surface area contributed by atoms with Crippen LogP contribution in [0.25, 0.3) is 0 Å². The molecule has 0 radical (unpaired) electrons. The number of benzene rings is 1. The van der Waals surface area contributed by atoms with E-state index in [4.69, 9.17) is 38.8 Å². The number of carbonyl (C=O) groups is 1. The van der Waals surface area contributed by atoms with Gasteiger partial charge in [-0.05, 0) is 49.8 Å². The first kappa shape index (κ1) is 20.1. The number of aliphatic carboxylic acids is 1. The highest BCUT2D eigenvalue weighted by Gasteiger charge is 2.21. The van der Waals surface area contributed by atoms with E-state index in [2.05, 4.69) is 4.90 Å². The minimum Gasteiger partial charge on any atom is -0.488 e. The molecule has 1 saturated carbocycles. The highest BCUT2D eigenvalue weighted by atomic mass is 35.5. The number of rotatable bonds is 10. The molecule has 1 aliphatic carbocycles. The summed E-state index contributed by atoms with van der Waals surface area (Å²) in [6, 6.07) is 4.82. The predicted molar refractivity (Wildman–Crippen MR) is 102 cm³/mol. The fraction of sp³-hybridized carbons (Fsp3) is 0.611. The van der Waals surface area contributed by atoms with Crippen LogP contribution < -0.4 is 15.4 Å². The first-order chi connectivity index (χ1) is 12.0. The third kappa shape index (κ3) is 5.94. The fourth-order valence-electron chi connectivity index (χ4n) is 3.12. The quantitative estimate of drug-likeness (QED) is 0.601. The molecule has 2 rings (SSSR count). The fourth-order valence-corrected chi connectivity index (χ4v) is 3.53. The van der Waals surface area contributed by atoms with Crippen LogP contribution in [0.15, 0.2) is 18.2 Å². The van der Waals surface area contributed by atoms with Crippen molar-refractivity contribution < 1.29 is 14.6 Å². The normalized spacial score (nSPS) is 16.0. The van der Waals surface area contributed by atoms with Crippen LogP contribution in [0.1, 0.15) is 31.2 Å². The zero-order valence-corrected chi connectivity index (χ0v) is 15.8. The highest BCUT2D eigenvalue weighted by Crippen LogP contribution is 2.33. The molecule has 1 fully saturated rings. The molecular weight excluding hydrogens is 363 g/mol. The summed E-state index contributed by atoms with van der Waals surface area (Å²) in [5, 5.41) is 9.04. The summed E-state index contributed by atoms with van der Waals surface area (Å²) in [5.41, 5.74) is 7.44. The van der Waals surface area contributed by atoms with E-state index in [1.807, 2.05) is 18.2 Å². The topological polar surface area (TPSA) is 75.8 Å². The Morgan fingerprint density at radius 3 is 2.48 bits per heavy atom. The van der Waals surface area contributed by atoms with Gasteiger partial charge in [-0.1, -0.05) is 6.07 Å². The number of ether oxygens (including phenoxy) is 1. The number of halogens is 2. The molecule has 0 spiro atoms. The molecule has 3 N–H and O–H groups in total. The Bertz CT molecular complexity index is 559. The lowest BCUT2D eigenvalue weighted by Gasteiger charge is -2.27. The molecule has 0 bridgehead atoms. The number of carboxylic acid groups (broad SMARTS) is 1. The Morgan fingerprint density at radius 2 is 1.92 bits per heavy atom. The lowest BCUT2D eigenvalue weighted by molar-refractivity contribution is -0.138. The van der Waals surface area contributed by atoms with Gasteiger partial charge in [0.2, 0.25) is 0 Å². The third-order valence-corrected chi connectivity index (χ3v) is 4.78. The molecule has 25 heavy (non-hydrogen) atoms. The predicted octanol–water partition coefficient (Wildman–Crippen LogP) is 3.25. The van der Waals surface area contributed by atoms with Crippen molar-refractivity contribution in [1.82, 2.24) is 0 Å². The van der Waals surface area contributed by atoms with E-state index in [0.29, 0.717) is 24.8 Å². The Hall–Kier alpha value is -1.17. The van der Waals surface area contributed by atoms with Crippen molar-refractivity contribution in [1.29, 1.82) is 0 Å². The molecule has 1 aliphatic rings. The van der Waals surface area contributed by atoms with Crippen molar-refractivity contribution in [2.45, 2.75) is 44.2 Å². The van der Waals surface area contributed by atoms with E-state index in [9.17, 15) is 4.79 Å². The van der Waals surface area contributed by atoms with E-state index >= 15 is 0 Å². The van der Waals surface area contributed by atoms with Gasteiger partial charge in [-0.15, -0.1) is 23.2 Å². The second-order valence-electron chi connectivity index (χ2n) is 6.34. The van der Waals surface area contributed by atoms with E-state index in [1.165, 1.54) is 12.8 Å². The summed E-state index contributed by atoms with van der Waals surface area (Å²) >= 11 is 11.9. The Morgan fingerprint density at radius 1 is 1.28 bits per heavy atom. The lowest BCUT2D eigenvalue weighted by Crippen LogP contribution is -2.32. The monoisotopic (exact) mass is 388 g/mol. The van der Waals surface area contributed by atoms with Crippen molar-refractivity contribution in [3.63, 3.8) is 0 Å². The van der Waals surface area contributed by atoms with Gasteiger partial charge < -0.3 is 20.5 Å². The molecule has 0 aromatic heterocycles. The largest absolute Gasteiger partial charge is 0.488 e. The minimum absolute atomic E-state index is 0.236. The van der Waals surface area contributed by atoms with Crippen LogP contribution in [0.4, 0.5) is 5.69 Å². The van der Waals surface area contributed by atoms with Crippen molar-refractivity contribution in [2.75, 3.05) is 29.7 Å². The van der Waals surface area contributed by atoms with Crippen LogP contribution in [0.5, 0.6) is 5.75 Å². The Kier molecular flexibility index (Phi) is 8.13. The summed E-state index contributed by atoms with van der Waals surface area (Å²) in [7, 11) is 0. The second-order valence-corrected chi connectivity index (χ2v) is 7.10. The molecule has 7 heteroatoms. The van der Waals surface area contributed by atoms with E-state index in [1.54, 1.807) is 0 Å². The minimum atomic E-state index is -1.01. The average molecular weight is 389 g/mol. The SMILES string of the molecule is N[C@@H](Cc1ccc(OC2CCCC2)c(N(CCCl)CCCl)c1)C(=O)O. The maximum atomic E-state index is 11.0. The van der Waals surface area contributed by atoms with Gasteiger partial charge >= 0.3 is 5.97 Å². The molecule has 0 saturated heterocycles. The smallest absolute Gasteiger partial charge is 0.320 e. The van der Waals surface area contributed by atoms with Crippen LogP contribution in [-0.4, -0.2) is 48.1 Å². The Labute approximate surface area is 159 Å². The van der Waals surface area contributed by atoms with Gasteiger partial charge in [-0.25, -0.2) is 0 Å². The lowest BCUT2D eigenvalue weighted by atomic mass is 10.0. The standard InChI is InChI=1S/C18H26Cl2N2O3/c19-7-9-22(10-8-20)16-12-13(11-15(21)18(23)24)5-6-17(16)25-14-3-1-2-4-14/h5-6,12,14-15H,1-4,7-11,21H2,(H,23,24)/t15-/m0/s1. The van der Waals surface area contributed by atoms with Gasteiger partial charge in [0.15, 0.2) is 0 Å². The van der Waals surface area contributed by atoms with Crippen LogP contribution in [0.3, 0.4) is 0 Å². The number of hydrogen-bond acceptors (Lipinski definition) is 4. The summed E-state index contributed by atoms with van der Waals surface area (Å²) in [5.74, 6) is 0.734. The van der Waals surface area contributed by atoms with Gasteiger partial charge in [0.25, 0.3) is 0 Å². The van der Waals surface area contributed by atoms with Gasteiger partial charge in [0, 0.05) is 24.8 Å². The molecule has 1 atom stereocenters. The summed E-state index contributed by atoms with van der Waals surface area (Å²) in [4.78, 5) is 13.1. The van der Waals surface area contributed by atoms with Gasteiger partial charge in [0.1, 0.15) is 11.8 Å². The molecule has 0 aliphatic heterocycles. The average Bonchev–Trinajstić information content (AvgIpc) is 3.09. The van der Waals surface area contributed by atoms with Crippen LogP contribution in [-0.2, 0) is 11.2 Å². The maximum Gasteiger partial charge on any atom is 0.320 e. The van der Waals surface area contributed by atoms with Crippen molar-refractivity contribution >= 4 is 34.9 Å². The third-order valence-electron chi connectivity index (χ3n) is 4.44. The zero-order valence-electron chi connectivity index (χ0n) is 14.3. The van der Waals surface area contributed by atoms with Crippen LogP contribution in [0, 0.1) is 0 Å². The molecule has 140 valence electrons. The second kappa shape index (κ2) is 10.1. The van der Waals surface area contributed by atoms with E-state index in [-0.39, 0.29) is 12.5 Å². The van der Waals surface area contributed by atoms with E-state index < -0.39 is 12.0 Å². The molecule has 1 aromatic carbocycles.